The molecule has 0 atom stereocenters. The minimum absolute atomic E-state index is 0.00702. The van der Waals surface area contributed by atoms with Gasteiger partial charge in [0.05, 0.1) is 0 Å². The van der Waals surface area contributed by atoms with Crippen molar-refractivity contribution in [1.29, 1.82) is 0 Å². The Balaban J connectivity index is 1.71. The van der Waals surface area contributed by atoms with Gasteiger partial charge in [-0.1, -0.05) is 12.1 Å². The van der Waals surface area contributed by atoms with Gasteiger partial charge in [-0.3, -0.25) is 4.79 Å². The summed E-state index contributed by atoms with van der Waals surface area (Å²) in [7, 11) is 0. The first-order valence-electron chi connectivity index (χ1n) is 8.43. The Hall–Kier alpha value is -2.94. The molecule has 6 nitrogen and oxygen atoms in total. The first kappa shape index (κ1) is 17.5. The van der Waals surface area contributed by atoms with Crippen molar-refractivity contribution in [2.75, 3.05) is 5.32 Å². The summed E-state index contributed by atoms with van der Waals surface area (Å²) in [6.45, 7) is 0.329. The highest BCUT2D eigenvalue weighted by atomic mass is 19.4. The molecule has 9 heteroatoms. The maximum absolute atomic E-state index is 13.0. The Bertz CT molecular complexity index is 1020. The van der Waals surface area contributed by atoms with Crippen LogP contribution in [-0.2, 0) is 12.7 Å². The Morgan fingerprint density at radius 1 is 1.26 bits per heavy atom. The quantitative estimate of drug-likeness (QED) is 0.732. The fraction of sp³-hybridized carbons (Fsp3) is 0.278. The third kappa shape index (κ3) is 3.50. The van der Waals surface area contributed by atoms with Crippen LogP contribution in [-0.4, -0.2) is 20.5 Å². The summed E-state index contributed by atoms with van der Waals surface area (Å²) in [4.78, 5) is 16.7. The standard InChI is InChI=1S/C18H16F3N5O/c19-18(20,21)15-8-16-24-13(7-14(11-4-5-11)26(16)25-15)17(27)23-12-3-1-2-10(6-12)9-22/h1-3,6-8,11H,4-5,9,22H2,(H,23,27). The third-order valence-corrected chi connectivity index (χ3v) is 4.39. The average molecular weight is 375 g/mol. The second-order valence-corrected chi connectivity index (χ2v) is 6.50. The molecule has 4 rings (SSSR count). The Morgan fingerprint density at radius 3 is 2.70 bits per heavy atom. The minimum Gasteiger partial charge on any atom is -0.326 e. The van der Waals surface area contributed by atoms with Crippen molar-refractivity contribution in [1.82, 2.24) is 14.6 Å². The van der Waals surface area contributed by atoms with Crippen LogP contribution < -0.4 is 11.1 Å². The molecular weight excluding hydrogens is 359 g/mol. The fourth-order valence-electron chi connectivity index (χ4n) is 2.89. The van der Waals surface area contributed by atoms with Gasteiger partial charge in [-0.05, 0) is 36.6 Å². The van der Waals surface area contributed by atoms with Crippen LogP contribution in [0.3, 0.4) is 0 Å². The van der Waals surface area contributed by atoms with Crippen molar-refractivity contribution in [3.8, 4) is 0 Å². The van der Waals surface area contributed by atoms with Crippen LogP contribution in [0.4, 0.5) is 18.9 Å². The molecule has 1 saturated carbocycles. The maximum atomic E-state index is 13.0. The van der Waals surface area contributed by atoms with Crippen molar-refractivity contribution in [2.24, 2.45) is 5.73 Å². The smallest absolute Gasteiger partial charge is 0.326 e. The predicted molar refractivity (Wildman–Crippen MR) is 92.3 cm³/mol. The number of fused-ring (bicyclic) bond motifs is 1. The number of nitrogens with zero attached hydrogens (tertiary/aromatic N) is 3. The summed E-state index contributed by atoms with van der Waals surface area (Å²) < 4.78 is 40.2. The summed E-state index contributed by atoms with van der Waals surface area (Å²) in [5, 5.41) is 6.35. The lowest BCUT2D eigenvalue weighted by Crippen LogP contribution is -2.16. The number of benzene rings is 1. The lowest BCUT2D eigenvalue weighted by molar-refractivity contribution is -0.141. The number of hydrogen-bond donors (Lipinski definition) is 2. The van der Waals surface area contributed by atoms with Gasteiger partial charge in [-0.2, -0.15) is 18.3 Å². The van der Waals surface area contributed by atoms with Crippen LogP contribution in [0.25, 0.3) is 5.65 Å². The van der Waals surface area contributed by atoms with Crippen LogP contribution in [0.2, 0.25) is 0 Å². The molecule has 2 heterocycles. The highest BCUT2D eigenvalue weighted by Crippen LogP contribution is 2.40. The summed E-state index contributed by atoms with van der Waals surface area (Å²) >= 11 is 0. The zero-order valence-corrected chi connectivity index (χ0v) is 14.1. The van der Waals surface area contributed by atoms with Crippen LogP contribution in [0.5, 0.6) is 0 Å². The van der Waals surface area contributed by atoms with E-state index in [9.17, 15) is 18.0 Å². The van der Waals surface area contributed by atoms with Crippen molar-refractivity contribution in [3.63, 3.8) is 0 Å². The molecule has 0 unspecified atom stereocenters. The van der Waals surface area contributed by atoms with Crippen molar-refractivity contribution < 1.29 is 18.0 Å². The number of carbonyl (C=O) groups excluding carboxylic acids is 1. The first-order valence-corrected chi connectivity index (χ1v) is 8.43. The number of rotatable bonds is 4. The molecule has 0 bridgehead atoms. The average Bonchev–Trinajstić information content (AvgIpc) is 3.37. The predicted octanol–water partition coefficient (Wildman–Crippen LogP) is 3.34. The summed E-state index contributed by atoms with van der Waals surface area (Å²) in [5.41, 5.74) is 6.59. The third-order valence-electron chi connectivity index (χ3n) is 4.39. The van der Waals surface area contributed by atoms with Gasteiger partial charge in [0.25, 0.3) is 5.91 Å². The summed E-state index contributed by atoms with van der Waals surface area (Å²) in [6.07, 6.45) is -2.88. The van der Waals surface area contributed by atoms with E-state index >= 15 is 0 Å². The van der Waals surface area contributed by atoms with Gasteiger partial charge in [0, 0.05) is 29.9 Å². The van der Waals surface area contributed by atoms with Crippen LogP contribution in [0.1, 0.15) is 46.2 Å². The summed E-state index contributed by atoms with van der Waals surface area (Å²) in [6, 6.07) is 9.40. The highest BCUT2D eigenvalue weighted by Gasteiger charge is 2.36. The normalized spacial score (nSPS) is 14.5. The highest BCUT2D eigenvalue weighted by molar-refractivity contribution is 6.03. The maximum Gasteiger partial charge on any atom is 0.435 e. The van der Waals surface area contributed by atoms with Crippen LogP contribution in [0.15, 0.2) is 36.4 Å². The van der Waals surface area contributed by atoms with Gasteiger partial charge < -0.3 is 11.1 Å². The van der Waals surface area contributed by atoms with Gasteiger partial charge in [0.2, 0.25) is 0 Å². The number of nitrogens with two attached hydrogens (primary N) is 1. The van der Waals surface area contributed by atoms with Gasteiger partial charge in [-0.25, -0.2) is 9.50 Å². The second kappa shape index (κ2) is 6.34. The van der Waals surface area contributed by atoms with Gasteiger partial charge in [0.1, 0.15) is 5.69 Å². The monoisotopic (exact) mass is 375 g/mol. The van der Waals surface area contributed by atoms with E-state index in [1.54, 1.807) is 18.2 Å². The fourth-order valence-corrected chi connectivity index (χ4v) is 2.89. The van der Waals surface area contributed by atoms with E-state index in [1.165, 1.54) is 10.6 Å². The molecule has 0 spiro atoms. The molecule has 1 fully saturated rings. The number of halogens is 3. The van der Waals surface area contributed by atoms with Crippen molar-refractivity contribution in [3.05, 3.63) is 59.0 Å². The van der Waals surface area contributed by atoms with Crippen molar-refractivity contribution in [2.45, 2.75) is 31.5 Å². The number of carbonyl (C=O) groups is 1. The van der Waals surface area contributed by atoms with Crippen molar-refractivity contribution >= 4 is 17.2 Å². The van der Waals surface area contributed by atoms with E-state index in [0.29, 0.717) is 17.9 Å². The number of hydrogen-bond acceptors (Lipinski definition) is 4. The zero-order chi connectivity index (χ0) is 19.2. The van der Waals surface area contributed by atoms with Gasteiger partial charge in [-0.15, -0.1) is 0 Å². The van der Waals surface area contributed by atoms with E-state index in [-0.39, 0.29) is 17.3 Å². The Labute approximate surface area is 152 Å². The molecule has 0 radical (unpaired) electrons. The molecule has 1 amide bonds. The number of aromatic nitrogens is 3. The molecule has 0 aliphatic heterocycles. The Morgan fingerprint density at radius 2 is 2.04 bits per heavy atom. The largest absolute Gasteiger partial charge is 0.435 e. The molecule has 1 aliphatic rings. The molecule has 2 aromatic heterocycles. The van der Waals surface area contributed by atoms with E-state index < -0.39 is 17.8 Å². The molecule has 3 N–H and O–H groups in total. The Kier molecular flexibility index (Phi) is 4.11. The second-order valence-electron chi connectivity index (χ2n) is 6.50. The van der Waals surface area contributed by atoms with E-state index in [0.717, 1.165) is 24.5 Å². The minimum atomic E-state index is -4.57. The van der Waals surface area contributed by atoms with Gasteiger partial charge in [0.15, 0.2) is 11.3 Å². The molecular formula is C18H16F3N5O. The SMILES string of the molecule is NCc1cccc(NC(=O)c2cc(C3CC3)n3nc(C(F)(F)F)cc3n2)c1. The van der Waals surface area contributed by atoms with Crippen LogP contribution >= 0.6 is 0 Å². The lowest BCUT2D eigenvalue weighted by Gasteiger charge is -2.09. The molecule has 1 aromatic carbocycles. The summed E-state index contributed by atoms with van der Waals surface area (Å²) in [5.74, 6) is -0.410. The van der Waals surface area contributed by atoms with E-state index in [4.69, 9.17) is 5.73 Å². The molecule has 1 aliphatic carbocycles. The van der Waals surface area contributed by atoms with Gasteiger partial charge >= 0.3 is 6.18 Å². The number of nitrogens with one attached hydrogen (secondary N) is 1. The number of alkyl halides is 3. The lowest BCUT2D eigenvalue weighted by atomic mass is 10.2. The topological polar surface area (TPSA) is 85.3 Å². The van der Waals surface area contributed by atoms with Crippen LogP contribution in [0, 0.1) is 0 Å². The first-order chi connectivity index (χ1) is 12.8. The number of anilines is 1. The molecule has 140 valence electrons. The zero-order valence-electron chi connectivity index (χ0n) is 14.1. The molecule has 0 saturated heterocycles. The van der Waals surface area contributed by atoms with E-state index in [2.05, 4.69) is 15.4 Å². The van der Waals surface area contributed by atoms with E-state index in [1.807, 2.05) is 6.07 Å². The number of amides is 1. The molecule has 3 aromatic rings. The molecule has 27 heavy (non-hydrogen) atoms.